The Morgan fingerprint density at radius 2 is 0.971 bits per heavy atom. The summed E-state index contributed by atoms with van der Waals surface area (Å²) in [5.41, 5.74) is -1.18. The van der Waals surface area contributed by atoms with E-state index in [0.29, 0.717) is 13.1 Å². The Balaban J connectivity index is 0.000000340. The molecule has 0 bridgehead atoms. The minimum atomic E-state index is -1.03. The third-order valence-electron chi connectivity index (χ3n) is 5.10. The normalized spacial score (nSPS) is 25.5. The van der Waals surface area contributed by atoms with Gasteiger partial charge < -0.3 is 39.7 Å². The van der Waals surface area contributed by atoms with Gasteiger partial charge in [0.15, 0.2) is 0 Å². The number of likely N-dealkylation sites (tertiary alicyclic amines) is 2. The molecule has 4 N–H and O–H groups in total. The number of ether oxygens (including phenoxy) is 2. The topological polar surface area (TPSA) is 174 Å². The van der Waals surface area contributed by atoms with Gasteiger partial charge in [-0.25, -0.2) is 9.59 Å². The summed E-state index contributed by atoms with van der Waals surface area (Å²) in [6, 6.07) is 0. The van der Waals surface area contributed by atoms with Crippen LogP contribution in [0, 0.1) is 11.8 Å². The Bertz CT molecular complexity index is 681. The van der Waals surface area contributed by atoms with E-state index in [4.69, 9.17) is 19.7 Å². The fourth-order valence-electron chi connectivity index (χ4n) is 3.42. The number of carboxylic acids is 2. The number of aliphatic carboxylic acids is 2. The van der Waals surface area contributed by atoms with Crippen molar-refractivity contribution in [1.29, 1.82) is 0 Å². The molecular weight excluding hydrogens is 452 g/mol. The quantitative estimate of drug-likeness (QED) is 0.442. The minimum Gasteiger partial charge on any atom is -0.481 e. The highest BCUT2D eigenvalue weighted by atomic mass is 16.6. The summed E-state index contributed by atoms with van der Waals surface area (Å²) in [6.45, 7) is 11.1. The fourth-order valence-corrected chi connectivity index (χ4v) is 3.42. The average molecular weight is 491 g/mol. The predicted octanol–water partition coefficient (Wildman–Crippen LogP) is 1.38. The van der Waals surface area contributed by atoms with Gasteiger partial charge in [-0.2, -0.15) is 0 Å². The van der Waals surface area contributed by atoms with Gasteiger partial charge in [0.1, 0.15) is 11.2 Å². The lowest BCUT2D eigenvalue weighted by Gasteiger charge is -2.34. The van der Waals surface area contributed by atoms with Crippen molar-refractivity contribution in [3.63, 3.8) is 0 Å². The second-order valence-electron chi connectivity index (χ2n) is 10.5. The molecule has 2 amide bonds. The molecule has 12 heteroatoms. The van der Waals surface area contributed by atoms with Crippen molar-refractivity contribution < 1.29 is 49.1 Å². The molecule has 0 saturated carbocycles. The van der Waals surface area contributed by atoms with E-state index in [0.717, 1.165) is 0 Å². The van der Waals surface area contributed by atoms with Crippen molar-refractivity contribution in [2.45, 2.75) is 77.8 Å². The second kappa shape index (κ2) is 11.7. The van der Waals surface area contributed by atoms with E-state index in [1.54, 1.807) is 41.5 Å². The first kappa shape index (κ1) is 29.4. The van der Waals surface area contributed by atoms with Gasteiger partial charge in [0, 0.05) is 13.1 Å². The van der Waals surface area contributed by atoms with E-state index in [1.165, 1.54) is 9.80 Å². The monoisotopic (exact) mass is 490 g/mol. The summed E-state index contributed by atoms with van der Waals surface area (Å²) in [7, 11) is 0. The zero-order valence-corrected chi connectivity index (χ0v) is 20.7. The highest BCUT2D eigenvalue weighted by Gasteiger charge is 2.37. The first-order valence-electron chi connectivity index (χ1n) is 11.2. The zero-order valence-electron chi connectivity index (χ0n) is 20.7. The maximum Gasteiger partial charge on any atom is 0.410 e. The molecule has 2 rings (SSSR count). The number of amides is 2. The molecule has 0 aromatic rings. The van der Waals surface area contributed by atoms with Crippen molar-refractivity contribution in [3.8, 4) is 0 Å². The molecule has 0 unspecified atom stereocenters. The molecule has 2 aliphatic heterocycles. The number of aliphatic hydroxyl groups is 2. The lowest BCUT2D eigenvalue weighted by Crippen LogP contribution is -2.50. The summed E-state index contributed by atoms with van der Waals surface area (Å²) in [4.78, 5) is 47.6. The van der Waals surface area contributed by atoms with Crippen LogP contribution in [0.3, 0.4) is 0 Å². The highest BCUT2D eigenvalue weighted by Crippen LogP contribution is 2.21. The van der Waals surface area contributed by atoms with E-state index in [9.17, 15) is 29.4 Å². The molecule has 0 radical (unpaired) electrons. The van der Waals surface area contributed by atoms with Gasteiger partial charge in [-0.05, 0) is 54.4 Å². The van der Waals surface area contributed by atoms with Crippen LogP contribution in [0.15, 0.2) is 0 Å². The van der Waals surface area contributed by atoms with E-state index in [2.05, 4.69) is 0 Å². The third kappa shape index (κ3) is 9.72. The Labute approximate surface area is 199 Å². The molecule has 2 fully saturated rings. The summed E-state index contributed by atoms with van der Waals surface area (Å²) >= 11 is 0. The molecule has 2 aliphatic rings. The summed E-state index contributed by atoms with van der Waals surface area (Å²) in [5, 5.41) is 36.9. The van der Waals surface area contributed by atoms with Gasteiger partial charge in [0.25, 0.3) is 0 Å². The SMILES string of the molecule is CC(C)(C)OC(=O)N1CC[C@@H](C(=O)O)[C@@H](O)C1.CC(C)(C)OC(=O)N1CC[C@H](C(=O)O)[C@H](O)C1. The van der Waals surface area contributed by atoms with Gasteiger partial charge >= 0.3 is 24.1 Å². The number of rotatable bonds is 2. The van der Waals surface area contributed by atoms with E-state index < -0.39 is 59.4 Å². The first-order chi connectivity index (χ1) is 15.4. The van der Waals surface area contributed by atoms with Crippen LogP contribution in [-0.4, -0.2) is 104 Å². The number of hydrogen-bond acceptors (Lipinski definition) is 8. The third-order valence-corrected chi connectivity index (χ3v) is 5.10. The lowest BCUT2D eigenvalue weighted by atomic mass is 9.94. The van der Waals surface area contributed by atoms with E-state index in [-0.39, 0.29) is 25.9 Å². The molecule has 0 aromatic heterocycles. The maximum atomic E-state index is 11.7. The van der Waals surface area contributed by atoms with E-state index >= 15 is 0 Å². The molecule has 0 spiro atoms. The van der Waals surface area contributed by atoms with Crippen molar-refractivity contribution >= 4 is 24.1 Å². The molecule has 2 heterocycles. The molecule has 0 aliphatic carbocycles. The Morgan fingerprint density at radius 3 is 1.18 bits per heavy atom. The van der Waals surface area contributed by atoms with Crippen molar-refractivity contribution in [2.75, 3.05) is 26.2 Å². The first-order valence-corrected chi connectivity index (χ1v) is 11.2. The van der Waals surface area contributed by atoms with E-state index in [1.807, 2.05) is 0 Å². The summed E-state index contributed by atoms with van der Waals surface area (Å²) in [6.07, 6.45) is -2.60. The second-order valence-corrected chi connectivity index (χ2v) is 10.5. The van der Waals surface area contributed by atoms with Crippen LogP contribution in [0.2, 0.25) is 0 Å². The number of aliphatic hydroxyl groups excluding tert-OH is 2. The number of carbonyl (C=O) groups is 4. The fraction of sp³-hybridized carbons (Fsp3) is 0.818. The predicted molar refractivity (Wildman–Crippen MR) is 119 cm³/mol. The molecule has 12 nitrogen and oxygen atoms in total. The van der Waals surface area contributed by atoms with Gasteiger partial charge in [0.2, 0.25) is 0 Å². The lowest BCUT2D eigenvalue weighted by molar-refractivity contribution is -0.149. The van der Waals surface area contributed by atoms with Crippen molar-refractivity contribution in [2.24, 2.45) is 11.8 Å². The number of piperidine rings is 2. The minimum absolute atomic E-state index is 0.00583. The van der Waals surface area contributed by atoms with Crippen molar-refractivity contribution in [1.82, 2.24) is 9.80 Å². The van der Waals surface area contributed by atoms with Crippen LogP contribution in [0.25, 0.3) is 0 Å². The standard InChI is InChI=1S/2C11H19NO5/c2*1-11(2,3)17-10(16)12-5-4-7(9(14)15)8(13)6-12/h2*7-8,13H,4-6H2,1-3H3,(H,14,15)/t2*7-,8+/m10/s1. The average Bonchev–Trinajstić information content (AvgIpc) is 2.65. The largest absolute Gasteiger partial charge is 0.481 e. The van der Waals surface area contributed by atoms with Crippen molar-refractivity contribution in [3.05, 3.63) is 0 Å². The van der Waals surface area contributed by atoms with Crippen LogP contribution in [0.4, 0.5) is 9.59 Å². The molecule has 4 atom stereocenters. The van der Waals surface area contributed by atoms with Crippen LogP contribution >= 0.6 is 0 Å². The molecule has 2 saturated heterocycles. The van der Waals surface area contributed by atoms with Crippen LogP contribution < -0.4 is 0 Å². The maximum absolute atomic E-state index is 11.7. The molecule has 196 valence electrons. The highest BCUT2D eigenvalue weighted by molar-refractivity contribution is 5.73. The number of carbonyl (C=O) groups excluding carboxylic acids is 2. The Morgan fingerprint density at radius 1 is 0.676 bits per heavy atom. The van der Waals surface area contributed by atoms with Gasteiger partial charge in [-0.1, -0.05) is 0 Å². The molecule has 34 heavy (non-hydrogen) atoms. The number of β-amino-alcohol motifs (C(OH)–C–C–N with tert-alkyl or cyclic N) is 2. The molecular formula is C22H38N2O10. The number of carboxylic acid groups (broad SMARTS) is 2. The summed E-state index contributed by atoms with van der Waals surface area (Å²) < 4.78 is 10.3. The van der Waals surface area contributed by atoms with Crippen LogP contribution in [0.1, 0.15) is 54.4 Å². The Hall–Kier alpha value is -2.60. The molecule has 0 aromatic carbocycles. The number of nitrogens with zero attached hydrogens (tertiary/aromatic N) is 2. The van der Waals surface area contributed by atoms with Crippen LogP contribution in [0.5, 0.6) is 0 Å². The van der Waals surface area contributed by atoms with Gasteiger partial charge in [0.05, 0.1) is 37.1 Å². The Kier molecular flexibility index (Phi) is 10.1. The number of hydrogen-bond donors (Lipinski definition) is 4. The van der Waals surface area contributed by atoms with Gasteiger partial charge in [-0.15, -0.1) is 0 Å². The summed E-state index contributed by atoms with van der Waals surface area (Å²) in [5.74, 6) is -3.65. The van der Waals surface area contributed by atoms with Crippen LogP contribution in [-0.2, 0) is 19.1 Å². The van der Waals surface area contributed by atoms with Gasteiger partial charge in [-0.3, -0.25) is 9.59 Å². The zero-order chi connectivity index (χ0) is 26.4. The smallest absolute Gasteiger partial charge is 0.410 e.